The van der Waals surface area contributed by atoms with Crippen LogP contribution in [-0.2, 0) is 29.4 Å². The lowest BCUT2D eigenvalue weighted by Crippen LogP contribution is -2.58. The Morgan fingerprint density at radius 3 is 2.25 bits per heavy atom. The van der Waals surface area contributed by atoms with Crippen LogP contribution in [-0.4, -0.2) is 122 Å². The average Bonchev–Trinajstić information content (AvgIpc) is 4.05. The maximum Gasteiger partial charge on any atom is 0.238 e. The number of hydrogen-bond donors (Lipinski definition) is 2. The van der Waals surface area contributed by atoms with Gasteiger partial charge in [0.1, 0.15) is 11.3 Å². The van der Waals surface area contributed by atoms with Gasteiger partial charge < -0.3 is 34.2 Å². The van der Waals surface area contributed by atoms with E-state index in [1.807, 2.05) is 40.4 Å². The van der Waals surface area contributed by atoms with Crippen LogP contribution in [0.25, 0.3) is 22.3 Å². The van der Waals surface area contributed by atoms with Crippen molar-refractivity contribution in [2.24, 2.45) is 11.8 Å². The molecule has 3 aliphatic carbocycles. The SMILES string of the molecule is CC(C)n1cnc2cc(-c3ccc4c(c3)N([C@H]3C[C@@H](N5CCCCC5)C3)C(=O)C43CCN(C(=O)[C@@H]4CCCN(C(=O)[C@H]5CC[C@H](Oc6ccc(C7CCC(=O)NC7=O)cc6)CC5)C4)CC3)nc(NC3CC3)c21. The first-order valence-electron chi connectivity index (χ1n) is 27.5. The molecule has 12 rings (SSSR count). The summed E-state index contributed by atoms with van der Waals surface area (Å²) < 4.78 is 8.54. The Labute approximate surface area is 422 Å². The third-order valence-electron chi connectivity index (χ3n) is 17.9. The number of imidazole rings is 1. The van der Waals surface area contributed by atoms with E-state index in [0.717, 1.165) is 128 Å². The number of carbonyl (C=O) groups excluding carboxylic acids is 5. The molecule has 5 aliphatic heterocycles. The maximum atomic E-state index is 15.3. The molecule has 2 aromatic heterocycles. The zero-order chi connectivity index (χ0) is 49.3. The Balaban J connectivity index is 0.705. The summed E-state index contributed by atoms with van der Waals surface area (Å²) in [5.74, 6) is 0.928. The lowest BCUT2D eigenvalue weighted by Gasteiger charge is -2.48. The molecule has 2 N–H and O–H groups in total. The highest BCUT2D eigenvalue weighted by Crippen LogP contribution is 2.52. The lowest BCUT2D eigenvalue weighted by molar-refractivity contribution is -0.145. The van der Waals surface area contributed by atoms with E-state index in [2.05, 4.69) is 63.1 Å². The Kier molecular flexibility index (Phi) is 12.6. The highest BCUT2D eigenvalue weighted by molar-refractivity contribution is 6.09. The number of hydrogen-bond acceptors (Lipinski definition) is 10. The van der Waals surface area contributed by atoms with E-state index >= 15 is 4.79 Å². The van der Waals surface area contributed by atoms with Crippen LogP contribution in [0.4, 0.5) is 11.5 Å². The molecule has 4 aromatic rings. The van der Waals surface area contributed by atoms with E-state index in [1.165, 1.54) is 19.3 Å². The van der Waals surface area contributed by atoms with Crippen LogP contribution in [0.5, 0.6) is 5.75 Å². The molecule has 7 heterocycles. The summed E-state index contributed by atoms with van der Waals surface area (Å²) in [6, 6.07) is 17.6. The van der Waals surface area contributed by atoms with Crippen molar-refractivity contribution in [3.05, 3.63) is 66.0 Å². The second kappa shape index (κ2) is 19.2. The molecule has 0 bridgehead atoms. The summed E-state index contributed by atoms with van der Waals surface area (Å²) in [4.78, 5) is 86.6. The summed E-state index contributed by atoms with van der Waals surface area (Å²) in [6.07, 6.45) is 16.6. The smallest absolute Gasteiger partial charge is 0.238 e. The first kappa shape index (κ1) is 47.2. The predicted molar refractivity (Wildman–Crippen MR) is 274 cm³/mol. The predicted octanol–water partition coefficient (Wildman–Crippen LogP) is 7.87. The minimum absolute atomic E-state index is 0.00186. The second-order valence-corrected chi connectivity index (χ2v) is 22.9. The molecule has 7 fully saturated rings. The lowest BCUT2D eigenvalue weighted by atomic mass is 9.73. The van der Waals surface area contributed by atoms with E-state index in [9.17, 15) is 19.2 Å². The van der Waals surface area contributed by atoms with Crippen molar-refractivity contribution in [2.45, 2.75) is 165 Å². The third-order valence-corrected chi connectivity index (χ3v) is 17.9. The summed E-state index contributed by atoms with van der Waals surface area (Å²) >= 11 is 0. The standard InChI is InChI=1S/C57H71N9O6/c1-35(2)65-34-58-48-32-47(60-52(51(48)65)59-40-13-14-40)38-12-20-46-49(29-38)66(42-30-41(31-42)62-24-4-3-5-25-62)56(71)57(46)22-27-63(28-23-57)55(70)39-7-6-26-64(33-39)54(69)37-10-17-44(18-11-37)72-43-15-8-36(9-16-43)45-19-21-50(67)61-53(45)68/h8-9,12,15-16,20,29,32,34-35,37,39-42,44-45H,3-7,10-11,13-14,17-19,21-28,30-31,33H2,1-2H3,(H,59,60)(H,61,67,68)/t37-,39-,41-,42+,44-,45?/m1/s1. The van der Waals surface area contributed by atoms with Crippen molar-refractivity contribution in [1.29, 1.82) is 0 Å². The van der Waals surface area contributed by atoms with E-state index in [1.54, 1.807) is 0 Å². The van der Waals surface area contributed by atoms with E-state index in [4.69, 9.17) is 14.7 Å². The summed E-state index contributed by atoms with van der Waals surface area (Å²) in [6.45, 7) is 8.79. The van der Waals surface area contributed by atoms with E-state index in [0.29, 0.717) is 63.9 Å². The molecule has 15 nitrogen and oxygen atoms in total. The minimum atomic E-state index is -0.691. The topological polar surface area (TPSA) is 162 Å². The molecule has 72 heavy (non-hydrogen) atoms. The quantitative estimate of drug-likeness (QED) is 0.142. The molecule has 2 aromatic carbocycles. The fourth-order valence-electron chi connectivity index (χ4n) is 13.5. The molecule has 380 valence electrons. The van der Waals surface area contributed by atoms with Gasteiger partial charge >= 0.3 is 0 Å². The van der Waals surface area contributed by atoms with Crippen LogP contribution in [0.1, 0.15) is 146 Å². The number of aromatic nitrogens is 3. The Hall–Kier alpha value is -5.83. The number of rotatable bonds is 11. The largest absolute Gasteiger partial charge is 0.490 e. The fourth-order valence-corrected chi connectivity index (χ4v) is 13.5. The second-order valence-electron chi connectivity index (χ2n) is 22.9. The van der Waals surface area contributed by atoms with Gasteiger partial charge in [-0.3, -0.25) is 29.3 Å². The number of imide groups is 1. The normalized spacial score (nSPS) is 27.8. The first-order chi connectivity index (χ1) is 35.0. The van der Waals surface area contributed by atoms with Gasteiger partial charge in [-0.1, -0.05) is 30.7 Å². The number of carbonyl (C=O) groups is 5. The minimum Gasteiger partial charge on any atom is -0.490 e. The molecule has 3 saturated carbocycles. The highest BCUT2D eigenvalue weighted by atomic mass is 16.5. The van der Waals surface area contributed by atoms with Gasteiger partial charge in [-0.05, 0) is 159 Å². The van der Waals surface area contributed by atoms with Crippen molar-refractivity contribution in [1.82, 2.24) is 34.6 Å². The molecule has 4 saturated heterocycles. The molecular weight excluding hydrogens is 907 g/mol. The van der Waals surface area contributed by atoms with Crippen LogP contribution in [0.3, 0.4) is 0 Å². The van der Waals surface area contributed by atoms with Gasteiger partial charge in [0.05, 0.1) is 40.9 Å². The number of piperidine rings is 4. The number of pyridine rings is 1. The van der Waals surface area contributed by atoms with Crippen molar-refractivity contribution >= 4 is 52.1 Å². The molecular formula is C57H71N9O6. The average molecular weight is 978 g/mol. The third kappa shape index (κ3) is 8.84. The van der Waals surface area contributed by atoms with Crippen LogP contribution < -0.4 is 20.3 Å². The van der Waals surface area contributed by atoms with Crippen LogP contribution in [0, 0.1) is 11.8 Å². The Morgan fingerprint density at radius 1 is 0.778 bits per heavy atom. The monoisotopic (exact) mass is 978 g/mol. The molecule has 8 aliphatic rings. The number of ether oxygens (including phenoxy) is 1. The number of benzene rings is 2. The number of amides is 5. The first-order valence-corrected chi connectivity index (χ1v) is 27.5. The Bertz CT molecular complexity index is 2740. The zero-order valence-corrected chi connectivity index (χ0v) is 42.2. The van der Waals surface area contributed by atoms with Gasteiger partial charge in [0.25, 0.3) is 0 Å². The number of nitrogens with zero attached hydrogens (tertiary/aromatic N) is 7. The van der Waals surface area contributed by atoms with Crippen LogP contribution >= 0.6 is 0 Å². The number of nitrogens with one attached hydrogen (secondary N) is 2. The van der Waals surface area contributed by atoms with Gasteiger partial charge in [-0.25, -0.2) is 9.97 Å². The fraction of sp³-hybridized carbons (Fsp3) is 0.596. The number of anilines is 2. The van der Waals surface area contributed by atoms with E-state index < -0.39 is 5.41 Å². The van der Waals surface area contributed by atoms with Crippen molar-refractivity contribution in [3.8, 4) is 17.0 Å². The molecule has 5 amide bonds. The zero-order valence-electron chi connectivity index (χ0n) is 42.2. The van der Waals surface area contributed by atoms with Crippen molar-refractivity contribution in [2.75, 3.05) is 49.5 Å². The van der Waals surface area contributed by atoms with Gasteiger partial charge in [0.2, 0.25) is 29.5 Å². The number of likely N-dealkylation sites (tertiary alicyclic amines) is 3. The van der Waals surface area contributed by atoms with Crippen molar-refractivity contribution < 1.29 is 28.7 Å². The van der Waals surface area contributed by atoms with Gasteiger partial charge in [-0.15, -0.1) is 0 Å². The van der Waals surface area contributed by atoms with Crippen LogP contribution in [0.2, 0.25) is 0 Å². The van der Waals surface area contributed by atoms with E-state index in [-0.39, 0.29) is 65.5 Å². The van der Waals surface area contributed by atoms with Crippen LogP contribution in [0.15, 0.2) is 54.9 Å². The molecule has 1 spiro atoms. The summed E-state index contributed by atoms with van der Waals surface area (Å²) in [7, 11) is 0. The van der Waals surface area contributed by atoms with Gasteiger partial charge in [0, 0.05) is 73.9 Å². The molecule has 1 unspecified atom stereocenters. The summed E-state index contributed by atoms with van der Waals surface area (Å²) in [5.41, 5.74) is 6.06. The molecule has 15 heteroatoms. The summed E-state index contributed by atoms with van der Waals surface area (Å²) in [5, 5.41) is 6.14. The number of fused-ring (bicyclic) bond motifs is 3. The Morgan fingerprint density at radius 2 is 1.53 bits per heavy atom. The van der Waals surface area contributed by atoms with Gasteiger partial charge in [-0.2, -0.15) is 0 Å². The maximum absolute atomic E-state index is 15.3. The van der Waals surface area contributed by atoms with Gasteiger partial charge in [0.15, 0.2) is 5.82 Å². The highest BCUT2D eigenvalue weighted by Gasteiger charge is 2.56. The molecule has 0 radical (unpaired) electrons. The molecule has 2 atom stereocenters. The van der Waals surface area contributed by atoms with Crippen molar-refractivity contribution in [3.63, 3.8) is 0 Å².